The number of likely N-dealkylation sites (N-methyl/N-ethyl adjacent to an activating group) is 1. The van der Waals surface area contributed by atoms with E-state index < -0.39 is 4.92 Å². The summed E-state index contributed by atoms with van der Waals surface area (Å²) in [6, 6.07) is 6.32. The van der Waals surface area contributed by atoms with Crippen LogP contribution in [0.4, 0.5) is 5.69 Å². The van der Waals surface area contributed by atoms with Gasteiger partial charge in [0.25, 0.3) is 5.69 Å². The molecule has 7 nitrogen and oxygen atoms in total. The Morgan fingerprint density at radius 3 is 2.76 bits per heavy atom. The lowest BCUT2D eigenvalue weighted by atomic mass is 10.1. The van der Waals surface area contributed by atoms with Crippen LogP contribution >= 0.6 is 0 Å². The monoisotopic (exact) mass is 293 g/mol. The molecule has 1 fully saturated rings. The molecule has 114 valence electrons. The van der Waals surface area contributed by atoms with Gasteiger partial charge in [-0.2, -0.15) is 0 Å². The quantitative estimate of drug-likeness (QED) is 0.484. The van der Waals surface area contributed by atoms with Crippen molar-refractivity contribution < 1.29 is 14.5 Å². The molecule has 0 aliphatic carbocycles. The molecule has 1 saturated heterocycles. The molecule has 1 aliphatic rings. The fourth-order valence-electron chi connectivity index (χ4n) is 2.27. The molecule has 1 unspecified atom stereocenters. The number of hydrogen-bond acceptors (Lipinski definition) is 5. The van der Waals surface area contributed by atoms with Crippen LogP contribution in [0.2, 0.25) is 0 Å². The van der Waals surface area contributed by atoms with Gasteiger partial charge in [0.05, 0.1) is 4.92 Å². The Morgan fingerprint density at radius 2 is 2.14 bits per heavy atom. The summed E-state index contributed by atoms with van der Waals surface area (Å²) < 4.78 is 5.51. The van der Waals surface area contributed by atoms with Gasteiger partial charge in [-0.05, 0) is 18.6 Å². The third-order valence-electron chi connectivity index (χ3n) is 3.48. The number of carbonyl (C=O) groups is 1. The van der Waals surface area contributed by atoms with Crippen LogP contribution in [0.15, 0.2) is 24.3 Å². The highest BCUT2D eigenvalue weighted by atomic mass is 16.6. The minimum atomic E-state index is -0.438. The lowest BCUT2D eigenvalue weighted by molar-refractivity contribution is -0.384. The first-order valence-corrected chi connectivity index (χ1v) is 6.91. The average Bonchev–Trinajstić information content (AvgIpc) is 2.47. The van der Waals surface area contributed by atoms with Gasteiger partial charge in [-0.15, -0.1) is 0 Å². The predicted molar refractivity (Wildman–Crippen MR) is 77.3 cm³/mol. The highest BCUT2D eigenvalue weighted by molar-refractivity contribution is 5.76. The number of nitrogens with one attached hydrogen (secondary N) is 1. The first-order valence-electron chi connectivity index (χ1n) is 6.91. The maximum Gasteiger partial charge on any atom is 0.269 e. The summed E-state index contributed by atoms with van der Waals surface area (Å²) in [6.45, 7) is 1.87. The Morgan fingerprint density at radius 1 is 1.43 bits per heavy atom. The molecule has 1 aromatic rings. The number of non-ortho nitro benzene ring substituents is 1. The Labute approximate surface area is 123 Å². The molecule has 2 rings (SSSR count). The third kappa shape index (κ3) is 4.42. The topological polar surface area (TPSA) is 84.7 Å². The molecule has 21 heavy (non-hydrogen) atoms. The maximum atomic E-state index is 11.4. The van der Waals surface area contributed by atoms with Crippen LogP contribution in [0, 0.1) is 10.1 Å². The van der Waals surface area contributed by atoms with Crippen molar-refractivity contribution in [2.45, 2.75) is 18.9 Å². The smallest absolute Gasteiger partial charge is 0.269 e. The number of hydrogen-bond donors (Lipinski definition) is 1. The van der Waals surface area contributed by atoms with Gasteiger partial charge in [0.15, 0.2) is 0 Å². The molecule has 1 amide bonds. The summed E-state index contributed by atoms with van der Waals surface area (Å²) in [5, 5.41) is 13.9. The minimum Gasteiger partial charge on any atom is -0.492 e. The van der Waals surface area contributed by atoms with Crippen LogP contribution in [-0.2, 0) is 4.79 Å². The van der Waals surface area contributed by atoms with Crippen LogP contribution in [0.3, 0.4) is 0 Å². The first-order chi connectivity index (χ1) is 10.1. The van der Waals surface area contributed by atoms with Gasteiger partial charge in [0.1, 0.15) is 12.4 Å². The van der Waals surface area contributed by atoms with E-state index in [-0.39, 0.29) is 11.6 Å². The number of piperidine rings is 1. The van der Waals surface area contributed by atoms with Crippen molar-refractivity contribution in [3.63, 3.8) is 0 Å². The zero-order valence-electron chi connectivity index (χ0n) is 11.9. The van der Waals surface area contributed by atoms with Gasteiger partial charge >= 0.3 is 0 Å². The van der Waals surface area contributed by atoms with Crippen LogP contribution in [0.1, 0.15) is 12.8 Å². The summed E-state index contributed by atoms with van der Waals surface area (Å²) in [6.07, 6.45) is 1.43. The molecule has 0 spiro atoms. The Bertz CT molecular complexity index is 503. The molecule has 1 heterocycles. The maximum absolute atomic E-state index is 11.4. The standard InChI is InChI=1S/C14H19N3O4/c1-16-10-11(2-7-14(16)18)15-8-9-21-13-5-3-12(4-6-13)17(19)20/h3-6,11,15H,2,7-10H2,1H3. The van der Waals surface area contributed by atoms with E-state index in [1.807, 2.05) is 7.05 Å². The molecule has 1 aliphatic heterocycles. The van der Waals surface area contributed by atoms with Gasteiger partial charge in [-0.25, -0.2) is 0 Å². The van der Waals surface area contributed by atoms with Gasteiger partial charge in [0, 0.05) is 44.7 Å². The van der Waals surface area contributed by atoms with Crippen LogP contribution < -0.4 is 10.1 Å². The van der Waals surface area contributed by atoms with Crippen LogP contribution in [0.25, 0.3) is 0 Å². The zero-order chi connectivity index (χ0) is 15.2. The highest BCUT2D eigenvalue weighted by Crippen LogP contribution is 2.17. The molecule has 0 aromatic heterocycles. The first kappa shape index (κ1) is 15.2. The summed E-state index contributed by atoms with van der Waals surface area (Å²) in [4.78, 5) is 23.2. The predicted octanol–water partition coefficient (Wildman–Crippen LogP) is 1.18. The summed E-state index contributed by atoms with van der Waals surface area (Å²) in [7, 11) is 1.81. The van der Waals surface area contributed by atoms with E-state index in [0.29, 0.717) is 31.4 Å². The number of nitrogens with zero attached hydrogens (tertiary/aromatic N) is 2. The number of nitro benzene ring substituents is 1. The van der Waals surface area contributed by atoms with Crippen molar-refractivity contribution in [2.24, 2.45) is 0 Å². The van der Waals surface area contributed by atoms with Gasteiger partial charge in [-0.3, -0.25) is 14.9 Å². The number of carbonyl (C=O) groups excluding carboxylic acids is 1. The Hall–Kier alpha value is -2.15. The molecule has 1 aromatic carbocycles. The second kappa shape index (κ2) is 7.03. The number of nitro groups is 1. The Balaban J connectivity index is 1.68. The molecule has 0 bridgehead atoms. The SMILES string of the molecule is CN1CC(NCCOc2ccc([N+](=O)[O-])cc2)CCC1=O. The van der Waals surface area contributed by atoms with E-state index in [9.17, 15) is 14.9 Å². The minimum absolute atomic E-state index is 0.0513. The normalized spacial score (nSPS) is 18.6. The third-order valence-corrected chi connectivity index (χ3v) is 3.48. The van der Waals surface area contributed by atoms with Gasteiger partial charge in [-0.1, -0.05) is 0 Å². The number of amides is 1. The second-order valence-electron chi connectivity index (χ2n) is 5.06. The summed E-state index contributed by atoms with van der Waals surface area (Å²) in [5.41, 5.74) is 0.0513. The van der Waals surface area contributed by atoms with Gasteiger partial charge in [0.2, 0.25) is 5.91 Å². The van der Waals surface area contributed by atoms with Crippen molar-refractivity contribution in [1.82, 2.24) is 10.2 Å². The molecule has 0 radical (unpaired) electrons. The molecule has 1 N–H and O–H groups in total. The fourth-order valence-corrected chi connectivity index (χ4v) is 2.27. The molecule has 7 heteroatoms. The highest BCUT2D eigenvalue weighted by Gasteiger charge is 2.21. The van der Waals surface area contributed by atoms with Crippen molar-refractivity contribution in [3.05, 3.63) is 34.4 Å². The summed E-state index contributed by atoms with van der Waals surface area (Å²) in [5.74, 6) is 0.800. The van der Waals surface area contributed by atoms with E-state index in [4.69, 9.17) is 4.74 Å². The molecular weight excluding hydrogens is 274 g/mol. The van der Waals surface area contributed by atoms with Crippen molar-refractivity contribution in [2.75, 3.05) is 26.7 Å². The molecular formula is C14H19N3O4. The van der Waals surface area contributed by atoms with E-state index in [2.05, 4.69) is 5.32 Å². The van der Waals surface area contributed by atoms with Crippen molar-refractivity contribution in [3.8, 4) is 5.75 Å². The van der Waals surface area contributed by atoms with Crippen LogP contribution in [-0.4, -0.2) is 48.5 Å². The lowest BCUT2D eigenvalue weighted by Crippen LogP contribution is -2.47. The largest absolute Gasteiger partial charge is 0.492 e. The van der Waals surface area contributed by atoms with Gasteiger partial charge < -0.3 is 15.0 Å². The molecule has 1 atom stereocenters. The lowest BCUT2D eigenvalue weighted by Gasteiger charge is -2.30. The number of ether oxygens (including phenoxy) is 1. The van der Waals surface area contributed by atoms with E-state index in [1.54, 1.807) is 17.0 Å². The fraction of sp³-hybridized carbons (Fsp3) is 0.500. The Kier molecular flexibility index (Phi) is 5.10. The number of rotatable bonds is 6. The summed E-state index contributed by atoms with van der Waals surface area (Å²) >= 11 is 0. The average molecular weight is 293 g/mol. The molecule has 0 saturated carbocycles. The zero-order valence-corrected chi connectivity index (χ0v) is 11.9. The second-order valence-corrected chi connectivity index (χ2v) is 5.06. The van der Waals surface area contributed by atoms with Crippen LogP contribution in [0.5, 0.6) is 5.75 Å². The number of likely N-dealkylation sites (tertiary alicyclic amines) is 1. The van der Waals surface area contributed by atoms with E-state index >= 15 is 0 Å². The van der Waals surface area contributed by atoms with E-state index in [1.165, 1.54) is 12.1 Å². The van der Waals surface area contributed by atoms with Crippen molar-refractivity contribution in [1.29, 1.82) is 0 Å². The van der Waals surface area contributed by atoms with E-state index in [0.717, 1.165) is 13.0 Å². The van der Waals surface area contributed by atoms with Crippen molar-refractivity contribution >= 4 is 11.6 Å². The number of benzene rings is 1.